The standard InChI is InChI=1S/C12H22O2/c1-2-3-7-12(14)11(9-13)8-10-5-4-6-10/h9-12,14H,2-8H2,1H3. The lowest BCUT2D eigenvalue weighted by molar-refractivity contribution is -0.115. The number of hydrogen-bond donors (Lipinski definition) is 1. The second-order valence-electron chi connectivity index (χ2n) is 4.54. The molecule has 1 aliphatic carbocycles. The van der Waals surface area contributed by atoms with Gasteiger partial charge >= 0.3 is 0 Å². The Morgan fingerprint density at radius 2 is 2.21 bits per heavy atom. The van der Waals surface area contributed by atoms with E-state index in [4.69, 9.17) is 0 Å². The molecule has 0 heterocycles. The molecule has 2 nitrogen and oxygen atoms in total. The highest BCUT2D eigenvalue weighted by atomic mass is 16.3. The summed E-state index contributed by atoms with van der Waals surface area (Å²) in [4.78, 5) is 10.8. The minimum absolute atomic E-state index is 0.105. The second-order valence-corrected chi connectivity index (χ2v) is 4.54. The Morgan fingerprint density at radius 1 is 1.50 bits per heavy atom. The highest BCUT2D eigenvalue weighted by molar-refractivity contribution is 5.54. The molecular formula is C12H22O2. The van der Waals surface area contributed by atoms with Gasteiger partial charge in [0.15, 0.2) is 0 Å². The predicted molar refractivity (Wildman–Crippen MR) is 57.0 cm³/mol. The van der Waals surface area contributed by atoms with Crippen LogP contribution in [0.4, 0.5) is 0 Å². The van der Waals surface area contributed by atoms with E-state index >= 15 is 0 Å². The summed E-state index contributed by atoms with van der Waals surface area (Å²) in [6.07, 6.45) is 8.19. The minimum atomic E-state index is -0.395. The number of hydrogen-bond acceptors (Lipinski definition) is 2. The zero-order valence-corrected chi connectivity index (χ0v) is 9.11. The van der Waals surface area contributed by atoms with E-state index in [9.17, 15) is 9.90 Å². The number of aliphatic hydroxyl groups is 1. The third-order valence-electron chi connectivity index (χ3n) is 3.35. The fraction of sp³-hybridized carbons (Fsp3) is 0.917. The van der Waals surface area contributed by atoms with Gasteiger partial charge in [-0.3, -0.25) is 0 Å². The third kappa shape index (κ3) is 3.41. The van der Waals surface area contributed by atoms with E-state index in [2.05, 4.69) is 6.92 Å². The van der Waals surface area contributed by atoms with Gasteiger partial charge in [0.05, 0.1) is 6.10 Å². The van der Waals surface area contributed by atoms with Crippen LogP contribution in [0.25, 0.3) is 0 Å². The molecule has 0 aliphatic heterocycles. The lowest BCUT2D eigenvalue weighted by atomic mass is 9.77. The molecule has 1 N–H and O–H groups in total. The van der Waals surface area contributed by atoms with Gasteiger partial charge in [-0.2, -0.15) is 0 Å². The van der Waals surface area contributed by atoms with E-state index < -0.39 is 6.10 Å². The van der Waals surface area contributed by atoms with Crippen molar-refractivity contribution in [1.29, 1.82) is 0 Å². The summed E-state index contributed by atoms with van der Waals surface area (Å²) in [7, 11) is 0. The average Bonchev–Trinajstić information content (AvgIpc) is 2.13. The molecule has 0 saturated heterocycles. The van der Waals surface area contributed by atoms with E-state index in [0.717, 1.165) is 32.0 Å². The molecule has 1 rings (SSSR count). The quantitative estimate of drug-likeness (QED) is 0.638. The van der Waals surface area contributed by atoms with Crippen LogP contribution >= 0.6 is 0 Å². The molecule has 1 fully saturated rings. The maximum atomic E-state index is 10.8. The molecule has 1 aliphatic rings. The topological polar surface area (TPSA) is 37.3 Å². The molecule has 14 heavy (non-hydrogen) atoms. The van der Waals surface area contributed by atoms with Gasteiger partial charge in [0.1, 0.15) is 6.29 Å². The van der Waals surface area contributed by atoms with Crippen molar-refractivity contribution in [3.8, 4) is 0 Å². The molecule has 0 bridgehead atoms. The summed E-state index contributed by atoms with van der Waals surface area (Å²) >= 11 is 0. The average molecular weight is 198 g/mol. The Hall–Kier alpha value is -0.370. The van der Waals surface area contributed by atoms with Crippen molar-refractivity contribution in [2.75, 3.05) is 0 Å². The molecule has 2 unspecified atom stereocenters. The van der Waals surface area contributed by atoms with E-state index in [0.29, 0.717) is 5.92 Å². The number of aldehydes is 1. The first-order valence-corrected chi connectivity index (χ1v) is 5.91. The Balaban J connectivity index is 2.23. The number of carbonyl (C=O) groups is 1. The summed E-state index contributed by atoms with van der Waals surface area (Å²) in [5.41, 5.74) is 0. The zero-order valence-electron chi connectivity index (χ0n) is 9.11. The van der Waals surface area contributed by atoms with Crippen molar-refractivity contribution in [1.82, 2.24) is 0 Å². The van der Waals surface area contributed by atoms with Crippen molar-refractivity contribution in [3.05, 3.63) is 0 Å². The largest absolute Gasteiger partial charge is 0.392 e. The van der Waals surface area contributed by atoms with E-state index in [1.165, 1.54) is 19.3 Å². The Bertz CT molecular complexity index is 164. The minimum Gasteiger partial charge on any atom is -0.392 e. The monoisotopic (exact) mass is 198 g/mol. The van der Waals surface area contributed by atoms with Crippen molar-refractivity contribution < 1.29 is 9.90 Å². The molecule has 0 aromatic heterocycles. The van der Waals surface area contributed by atoms with Crippen LogP contribution in [0.2, 0.25) is 0 Å². The van der Waals surface area contributed by atoms with Crippen LogP contribution in [0.15, 0.2) is 0 Å². The van der Waals surface area contributed by atoms with Crippen LogP contribution in [-0.2, 0) is 4.79 Å². The summed E-state index contributed by atoms with van der Waals surface area (Å²) < 4.78 is 0. The number of carbonyl (C=O) groups excluding carboxylic acids is 1. The number of rotatable bonds is 7. The smallest absolute Gasteiger partial charge is 0.125 e. The van der Waals surface area contributed by atoms with Gasteiger partial charge in [-0.15, -0.1) is 0 Å². The van der Waals surface area contributed by atoms with Crippen LogP contribution in [-0.4, -0.2) is 17.5 Å². The first-order chi connectivity index (χ1) is 6.77. The predicted octanol–water partition coefficient (Wildman–Crippen LogP) is 2.54. The van der Waals surface area contributed by atoms with E-state index in [1.807, 2.05) is 0 Å². The highest BCUT2D eigenvalue weighted by Crippen LogP contribution is 2.33. The highest BCUT2D eigenvalue weighted by Gasteiger charge is 2.25. The van der Waals surface area contributed by atoms with E-state index in [1.54, 1.807) is 0 Å². The first-order valence-electron chi connectivity index (χ1n) is 5.91. The maximum Gasteiger partial charge on any atom is 0.125 e. The number of aliphatic hydroxyl groups excluding tert-OH is 1. The Kier molecular flexibility index (Phi) is 5.16. The third-order valence-corrected chi connectivity index (χ3v) is 3.35. The SMILES string of the molecule is CCCCC(O)C(C=O)CC1CCC1. The van der Waals surface area contributed by atoms with Gasteiger partial charge in [0, 0.05) is 5.92 Å². The van der Waals surface area contributed by atoms with Crippen LogP contribution < -0.4 is 0 Å². The van der Waals surface area contributed by atoms with Gasteiger partial charge in [-0.1, -0.05) is 39.0 Å². The molecule has 0 spiro atoms. The van der Waals surface area contributed by atoms with Crippen LogP contribution in [0.3, 0.4) is 0 Å². The zero-order chi connectivity index (χ0) is 10.4. The molecular weight excluding hydrogens is 176 g/mol. The summed E-state index contributed by atoms with van der Waals surface area (Å²) in [6, 6.07) is 0. The van der Waals surface area contributed by atoms with Gasteiger partial charge in [-0.25, -0.2) is 0 Å². The van der Waals surface area contributed by atoms with Crippen LogP contribution in [0.1, 0.15) is 51.9 Å². The van der Waals surface area contributed by atoms with Crippen LogP contribution in [0.5, 0.6) is 0 Å². The molecule has 0 aromatic carbocycles. The fourth-order valence-corrected chi connectivity index (χ4v) is 2.04. The van der Waals surface area contributed by atoms with Gasteiger partial charge < -0.3 is 9.90 Å². The summed E-state index contributed by atoms with van der Waals surface area (Å²) in [6.45, 7) is 2.11. The Labute approximate surface area is 86.7 Å². The van der Waals surface area contributed by atoms with Gasteiger partial charge in [-0.05, 0) is 18.8 Å². The molecule has 0 radical (unpaired) electrons. The first kappa shape index (κ1) is 11.7. The second kappa shape index (κ2) is 6.18. The van der Waals surface area contributed by atoms with Crippen molar-refractivity contribution in [3.63, 3.8) is 0 Å². The van der Waals surface area contributed by atoms with Crippen molar-refractivity contribution in [2.24, 2.45) is 11.8 Å². The fourth-order valence-electron chi connectivity index (χ4n) is 2.04. The molecule has 1 saturated carbocycles. The van der Waals surface area contributed by atoms with Gasteiger partial charge in [0.2, 0.25) is 0 Å². The molecule has 2 atom stereocenters. The molecule has 0 amide bonds. The summed E-state index contributed by atoms with van der Waals surface area (Å²) in [5.74, 6) is 0.605. The molecule has 2 heteroatoms. The van der Waals surface area contributed by atoms with Gasteiger partial charge in [0.25, 0.3) is 0 Å². The lowest BCUT2D eigenvalue weighted by Crippen LogP contribution is -2.26. The summed E-state index contributed by atoms with van der Waals surface area (Å²) in [5, 5.41) is 9.78. The Morgan fingerprint density at radius 3 is 2.64 bits per heavy atom. The van der Waals surface area contributed by atoms with Crippen molar-refractivity contribution >= 4 is 6.29 Å². The van der Waals surface area contributed by atoms with Crippen molar-refractivity contribution in [2.45, 2.75) is 58.0 Å². The maximum absolute atomic E-state index is 10.8. The lowest BCUT2D eigenvalue weighted by Gasteiger charge is -2.29. The molecule has 0 aromatic rings. The van der Waals surface area contributed by atoms with E-state index in [-0.39, 0.29) is 5.92 Å². The normalized spacial score (nSPS) is 21.3. The number of unbranched alkanes of at least 4 members (excludes halogenated alkanes) is 1. The molecule has 82 valence electrons. The van der Waals surface area contributed by atoms with Crippen LogP contribution in [0, 0.1) is 11.8 Å².